The number of amides is 1. The highest BCUT2D eigenvalue weighted by Gasteiger charge is 2.21. The third-order valence-electron chi connectivity index (χ3n) is 4.48. The van der Waals surface area contributed by atoms with E-state index < -0.39 is 5.97 Å². The molecule has 1 amide bonds. The lowest BCUT2D eigenvalue weighted by Gasteiger charge is -2.16. The van der Waals surface area contributed by atoms with E-state index in [-0.39, 0.29) is 29.9 Å². The van der Waals surface area contributed by atoms with Gasteiger partial charge in [0.15, 0.2) is 18.1 Å². The molecule has 0 saturated heterocycles. The molecule has 1 aromatic rings. The normalized spacial score (nSPS) is 14.9. The molecule has 1 saturated carbocycles. The first-order valence-electron chi connectivity index (χ1n) is 8.85. The van der Waals surface area contributed by atoms with Gasteiger partial charge in [-0.1, -0.05) is 25.7 Å². The second-order valence-electron chi connectivity index (χ2n) is 6.24. The lowest BCUT2D eigenvalue weighted by molar-refractivity contribution is -0.125. The van der Waals surface area contributed by atoms with Gasteiger partial charge in [0, 0.05) is 18.2 Å². The summed E-state index contributed by atoms with van der Waals surface area (Å²) in [5.74, 6) is 0.163. The number of ether oxygens (including phenoxy) is 4. The van der Waals surface area contributed by atoms with Crippen LogP contribution < -0.4 is 19.5 Å². The van der Waals surface area contributed by atoms with Gasteiger partial charge in [-0.25, -0.2) is 4.79 Å². The summed E-state index contributed by atoms with van der Waals surface area (Å²) in [5.41, 5.74) is 0.174. The Morgan fingerprint density at radius 1 is 0.923 bits per heavy atom. The van der Waals surface area contributed by atoms with Gasteiger partial charge < -0.3 is 24.3 Å². The van der Waals surface area contributed by atoms with Crippen molar-refractivity contribution in [3.05, 3.63) is 17.7 Å². The number of benzene rings is 1. The molecular weight excluding hydrogens is 338 g/mol. The summed E-state index contributed by atoms with van der Waals surface area (Å²) in [7, 11) is 4.41. The molecule has 0 bridgehead atoms. The van der Waals surface area contributed by atoms with E-state index in [2.05, 4.69) is 5.32 Å². The quantitative estimate of drug-likeness (QED) is 0.591. The summed E-state index contributed by atoms with van der Waals surface area (Å²) in [6.45, 7) is -0.327. The van der Waals surface area contributed by atoms with Gasteiger partial charge >= 0.3 is 5.97 Å². The number of methoxy groups -OCH3 is 3. The zero-order valence-electron chi connectivity index (χ0n) is 15.6. The van der Waals surface area contributed by atoms with Crippen molar-refractivity contribution in [1.82, 2.24) is 5.32 Å². The van der Waals surface area contributed by atoms with Gasteiger partial charge in [0.1, 0.15) is 11.3 Å². The molecule has 144 valence electrons. The maximum atomic E-state index is 12.4. The number of esters is 1. The molecule has 0 aliphatic heterocycles. The van der Waals surface area contributed by atoms with E-state index in [1.807, 2.05) is 0 Å². The predicted molar refractivity (Wildman–Crippen MR) is 96.0 cm³/mol. The average Bonchev–Trinajstić information content (AvgIpc) is 2.93. The third kappa shape index (κ3) is 5.28. The van der Waals surface area contributed by atoms with Gasteiger partial charge in [-0.15, -0.1) is 0 Å². The Kier molecular flexibility index (Phi) is 7.56. The Morgan fingerprint density at radius 2 is 1.50 bits per heavy atom. The Bertz CT molecular complexity index is 623. The van der Waals surface area contributed by atoms with Crippen molar-refractivity contribution in [2.24, 2.45) is 0 Å². The molecule has 0 atom stereocenters. The lowest BCUT2D eigenvalue weighted by Crippen LogP contribution is -2.37. The number of nitrogens with one attached hydrogen (secondary N) is 1. The molecular formula is C19H27NO6. The van der Waals surface area contributed by atoms with E-state index in [0.29, 0.717) is 11.5 Å². The molecule has 0 aromatic heterocycles. The van der Waals surface area contributed by atoms with Crippen molar-refractivity contribution in [3.63, 3.8) is 0 Å². The predicted octanol–water partition coefficient (Wildman–Crippen LogP) is 2.71. The van der Waals surface area contributed by atoms with Gasteiger partial charge in [0.05, 0.1) is 21.3 Å². The summed E-state index contributed by atoms with van der Waals surface area (Å²) in [4.78, 5) is 24.4. The summed E-state index contributed by atoms with van der Waals surface area (Å²) >= 11 is 0. The largest absolute Gasteiger partial charge is 0.496 e. The fourth-order valence-corrected chi connectivity index (χ4v) is 3.09. The minimum atomic E-state index is -0.654. The van der Waals surface area contributed by atoms with Crippen LogP contribution in [0.4, 0.5) is 0 Å². The molecule has 26 heavy (non-hydrogen) atoms. The molecule has 1 aliphatic rings. The number of carbonyl (C=O) groups is 2. The van der Waals surface area contributed by atoms with Crippen LogP contribution in [0.1, 0.15) is 48.9 Å². The number of hydrogen-bond donors (Lipinski definition) is 1. The highest BCUT2D eigenvalue weighted by Crippen LogP contribution is 2.34. The van der Waals surface area contributed by atoms with Crippen LogP contribution >= 0.6 is 0 Å². The maximum absolute atomic E-state index is 12.4. The fourth-order valence-electron chi connectivity index (χ4n) is 3.09. The van der Waals surface area contributed by atoms with Gasteiger partial charge in [0.2, 0.25) is 0 Å². The molecule has 7 nitrogen and oxygen atoms in total. The van der Waals surface area contributed by atoms with E-state index in [0.717, 1.165) is 25.7 Å². The summed E-state index contributed by atoms with van der Waals surface area (Å²) in [5, 5.41) is 2.94. The Hall–Kier alpha value is -2.44. The van der Waals surface area contributed by atoms with Crippen LogP contribution in [0.25, 0.3) is 0 Å². The molecule has 0 heterocycles. The number of hydrogen-bond acceptors (Lipinski definition) is 6. The first-order chi connectivity index (χ1) is 12.6. The van der Waals surface area contributed by atoms with Crippen LogP contribution in [0.5, 0.6) is 17.2 Å². The van der Waals surface area contributed by atoms with Gasteiger partial charge in [0.25, 0.3) is 5.91 Å². The van der Waals surface area contributed by atoms with Gasteiger partial charge in [-0.3, -0.25) is 4.79 Å². The SMILES string of the molecule is COc1cc(OC)c(C(=O)OCC(=O)NC2CCCCCC2)cc1OC. The monoisotopic (exact) mass is 365 g/mol. The maximum Gasteiger partial charge on any atom is 0.342 e. The van der Waals surface area contributed by atoms with E-state index in [1.165, 1.54) is 40.2 Å². The van der Waals surface area contributed by atoms with Gasteiger partial charge in [-0.2, -0.15) is 0 Å². The molecule has 1 fully saturated rings. The Labute approximate surface area is 153 Å². The number of carbonyl (C=O) groups excluding carboxylic acids is 2. The molecule has 1 aliphatic carbocycles. The highest BCUT2D eigenvalue weighted by atomic mass is 16.5. The second-order valence-corrected chi connectivity index (χ2v) is 6.24. The molecule has 7 heteroatoms. The third-order valence-corrected chi connectivity index (χ3v) is 4.48. The van der Waals surface area contributed by atoms with Crippen LogP contribution in [-0.4, -0.2) is 45.9 Å². The lowest BCUT2D eigenvalue weighted by atomic mass is 10.1. The highest BCUT2D eigenvalue weighted by molar-refractivity contribution is 5.95. The summed E-state index contributed by atoms with van der Waals surface area (Å²) in [6, 6.07) is 3.18. The molecule has 0 spiro atoms. The van der Waals surface area contributed by atoms with Crippen molar-refractivity contribution in [2.75, 3.05) is 27.9 Å². The first-order valence-corrected chi connectivity index (χ1v) is 8.85. The standard InChI is InChI=1S/C19H27NO6/c1-23-15-11-17(25-3)16(24-2)10-14(15)19(22)26-12-18(21)20-13-8-6-4-5-7-9-13/h10-11,13H,4-9,12H2,1-3H3,(H,20,21). The van der Waals surface area contributed by atoms with E-state index in [4.69, 9.17) is 18.9 Å². The van der Waals surface area contributed by atoms with Crippen molar-refractivity contribution in [3.8, 4) is 17.2 Å². The first kappa shape index (κ1) is 19.9. The van der Waals surface area contributed by atoms with E-state index in [9.17, 15) is 9.59 Å². The van der Waals surface area contributed by atoms with Crippen LogP contribution in [0.15, 0.2) is 12.1 Å². The zero-order valence-corrected chi connectivity index (χ0v) is 15.6. The Balaban J connectivity index is 1.97. The summed E-state index contributed by atoms with van der Waals surface area (Å²) in [6.07, 6.45) is 6.61. The summed E-state index contributed by atoms with van der Waals surface area (Å²) < 4.78 is 20.7. The topological polar surface area (TPSA) is 83.1 Å². The van der Waals surface area contributed by atoms with Gasteiger partial charge in [-0.05, 0) is 12.8 Å². The zero-order chi connectivity index (χ0) is 18.9. The van der Waals surface area contributed by atoms with Crippen LogP contribution in [0.2, 0.25) is 0 Å². The Morgan fingerprint density at radius 3 is 2.08 bits per heavy atom. The molecule has 0 unspecified atom stereocenters. The average molecular weight is 365 g/mol. The molecule has 2 rings (SSSR count). The smallest absolute Gasteiger partial charge is 0.342 e. The molecule has 1 N–H and O–H groups in total. The van der Waals surface area contributed by atoms with Crippen molar-refractivity contribution in [2.45, 2.75) is 44.6 Å². The second kappa shape index (κ2) is 9.89. The minimum Gasteiger partial charge on any atom is -0.496 e. The number of rotatable bonds is 7. The van der Waals surface area contributed by atoms with E-state index in [1.54, 1.807) is 6.07 Å². The minimum absolute atomic E-state index is 0.166. The van der Waals surface area contributed by atoms with Crippen LogP contribution in [0.3, 0.4) is 0 Å². The molecule has 0 radical (unpaired) electrons. The van der Waals surface area contributed by atoms with Crippen LogP contribution in [-0.2, 0) is 9.53 Å². The van der Waals surface area contributed by atoms with Crippen molar-refractivity contribution >= 4 is 11.9 Å². The fraction of sp³-hybridized carbons (Fsp3) is 0.579. The van der Waals surface area contributed by atoms with Crippen molar-refractivity contribution in [1.29, 1.82) is 0 Å². The molecule has 1 aromatic carbocycles. The van der Waals surface area contributed by atoms with Crippen molar-refractivity contribution < 1.29 is 28.5 Å². The van der Waals surface area contributed by atoms with Crippen LogP contribution in [0, 0.1) is 0 Å². The van der Waals surface area contributed by atoms with E-state index >= 15 is 0 Å².